The number of benzene rings is 1. The van der Waals surface area contributed by atoms with Crippen LogP contribution in [0.15, 0.2) is 24.3 Å². The zero-order valence-corrected chi connectivity index (χ0v) is 11.0. The maximum absolute atomic E-state index is 8.90. The molecule has 2 N–H and O–H groups in total. The van der Waals surface area contributed by atoms with Crippen molar-refractivity contribution in [1.82, 2.24) is 4.90 Å². The number of rotatable bonds is 3. The molecular weight excluding hydrogens is 222 g/mol. The van der Waals surface area contributed by atoms with Crippen molar-refractivity contribution in [2.24, 2.45) is 11.7 Å². The van der Waals surface area contributed by atoms with Gasteiger partial charge in [-0.2, -0.15) is 5.26 Å². The van der Waals surface area contributed by atoms with E-state index in [0.29, 0.717) is 5.92 Å². The third kappa shape index (κ3) is 3.32. The molecule has 1 aliphatic heterocycles. The molecule has 0 spiro atoms. The molecule has 0 radical (unpaired) electrons. The largest absolute Gasteiger partial charge is 0.328 e. The van der Waals surface area contributed by atoms with E-state index in [1.807, 2.05) is 18.2 Å². The van der Waals surface area contributed by atoms with Crippen molar-refractivity contribution >= 4 is 0 Å². The van der Waals surface area contributed by atoms with Gasteiger partial charge in [0.15, 0.2) is 0 Å². The van der Waals surface area contributed by atoms with Crippen LogP contribution < -0.4 is 5.73 Å². The van der Waals surface area contributed by atoms with Gasteiger partial charge in [-0.1, -0.05) is 12.1 Å². The second-order valence-electron chi connectivity index (χ2n) is 5.31. The molecule has 1 heterocycles. The van der Waals surface area contributed by atoms with Crippen molar-refractivity contribution in [3.8, 4) is 6.07 Å². The van der Waals surface area contributed by atoms with E-state index < -0.39 is 0 Å². The zero-order chi connectivity index (χ0) is 13.0. The fraction of sp³-hybridized carbons (Fsp3) is 0.533. The Kier molecular flexibility index (Phi) is 4.35. The number of hydrogen-bond acceptors (Lipinski definition) is 3. The zero-order valence-electron chi connectivity index (χ0n) is 11.0. The highest BCUT2D eigenvalue weighted by Gasteiger charge is 2.22. The molecule has 3 heteroatoms. The summed E-state index contributed by atoms with van der Waals surface area (Å²) in [5, 5.41) is 8.90. The predicted molar refractivity (Wildman–Crippen MR) is 72.8 cm³/mol. The molecule has 2 atom stereocenters. The maximum Gasteiger partial charge on any atom is 0.0991 e. The second-order valence-corrected chi connectivity index (χ2v) is 5.31. The summed E-state index contributed by atoms with van der Waals surface area (Å²) >= 11 is 0. The van der Waals surface area contributed by atoms with Crippen LogP contribution in [-0.2, 0) is 6.54 Å². The van der Waals surface area contributed by atoms with Gasteiger partial charge < -0.3 is 5.73 Å². The summed E-state index contributed by atoms with van der Waals surface area (Å²) in [7, 11) is 0. The van der Waals surface area contributed by atoms with Gasteiger partial charge in [-0.05, 0) is 49.9 Å². The van der Waals surface area contributed by atoms with Crippen LogP contribution in [0.3, 0.4) is 0 Å². The quantitative estimate of drug-likeness (QED) is 0.884. The third-order valence-electron chi connectivity index (χ3n) is 3.75. The first-order chi connectivity index (χ1) is 8.69. The summed E-state index contributed by atoms with van der Waals surface area (Å²) in [6, 6.07) is 10.4. The molecule has 0 bridgehead atoms. The molecule has 1 aliphatic rings. The van der Waals surface area contributed by atoms with E-state index >= 15 is 0 Å². The molecule has 18 heavy (non-hydrogen) atoms. The predicted octanol–water partition coefficient (Wildman–Crippen LogP) is 2.12. The molecule has 2 unspecified atom stereocenters. The second kappa shape index (κ2) is 5.99. The summed E-state index contributed by atoms with van der Waals surface area (Å²) in [6.07, 6.45) is 2.47. The van der Waals surface area contributed by atoms with Gasteiger partial charge >= 0.3 is 0 Å². The lowest BCUT2D eigenvalue weighted by atomic mass is 9.92. The van der Waals surface area contributed by atoms with Gasteiger partial charge in [0.1, 0.15) is 0 Å². The fourth-order valence-corrected chi connectivity index (χ4v) is 2.66. The Morgan fingerprint density at radius 3 is 3.11 bits per heavy atom. The van der Waals surface area contributed by atoms with Crippen molar-refractivity contribution in [3.05, 3.63) is 35.4 Å². The van der Waals surface area contributed by atoms with Gasteiger partial charge in [-0.15, -0.1) is 0 Å². The van der Waals surface area contributed by atoms with Gasteiger partial charge in [0.2, 0.25) is 0 Å². The molecule has 1 fully saturated rings. The third-order valence-corrected chi connectivity index (χ3v) is 3.75. The SMILES string of the molecule is CC(N)C1CCCN(Cc2cccc(C#N)c2)C1. The first-order valence-electron chi connectivity index (χ1n) is 6.66. The van der Waals surface area contributed by atoms with Gasteiger partial charge in [0, 0.05) is 19.1 Å². The first-order valence-corrected chi connectivity index (χ1v) is 6.66. The van der Waals surface area contributed by atoms with E-state index in [0.717, 1.165) is 25.2 Å². The molecule has 1 aromatic carbocycles. The average molecular weight is 243 g/mol. The Balaban J connectivity index is 1.98. The van der Waals surface area contributed by atoms with Crippen LogP contribution in [0.1, 0.15) is 30.9 Å². The van der Waals surface area contributed by atoms with E-state index in [-0.39, 0.29) is 6.04 Å². The average Bonchev–Trinajstić information content (AvgIpc) is 2.39. The van der Waals surface area contributed by atoms with Gasteiger partial charge in [0.05, 0.1) is 11.6 Å². The van der Waals surface area contributed by atoms with Crippen molar-refractivity contribution in [3.63, 3.8) is 0 Å². The first kappa shape index (κ1) is 13.1. The minimum atomic E-state index is 0.276. The maximum atomic E-state index is 8.90. The minimum Gasteiger partial charge on any atom is -0.328 e. The molecule has 3 nitrogen and oxygen atoms in total. The molecule has 0 amide bonds. The fourth-order valence-electron chi connectivity index (χ4n) is 2.66. The van der Waals surface area contributed by atoms with Crippen molar-refractivity contribution in [1.29, 1.82) is 5.26 Å². The summed E-state index contributed by atoms with van der Waals surface area (Å²) in [5.41, 5.74) is 7.96. The van der Waals surface area contributed by atoms with Crippen molar-refractivity contribution in [2.75, 3.05) is 13.1 Å². The summed E-state index contributed by atoms with van der Waals surface area (Å²) in [4.78, 5) is 2.45. The Hall–Kier alpha value is -1.37. The molecule has 0 aliphatic carbocycles. The van der Waals surface area contributed by atoms with E-state index in [1.165, 1.54) is 18.4 Å². The summed E-state index contributed by atoms with van der Waals surface area (Å²) in [6.45, 7) is 5.25. The molecule has 96 valence electrons. The molecule has 0 saturated carbocycles. The summed E-state index contributed by atoms with van der Waals surface area (Å²) < 4.78 is 0. The highest BCUT2D eigenvalue weighted by Crippen LogP contribution is 2.20. The number of likely N-dealkylation sites (tertiary alicyclic amines) is 1. The van der Waals surface area contributed by atoms with Crippen LogP contribution in [-0.4, -0.2) is 24.0 Å². The topological polar surface area (TPSA) is 53.0 Å². The molecular formula is C15H21N3. The lowest BCUT2D eigenvalue weighted by Crippen LogP contribution is -2.41. The highest BCUT2D eigenvalue weighted by atomic mass is 15.1. The van der Waals surface area contributed by atoms with Crippen LogP contribution in [0.4, 0.5) is 0 Å². The minimum absolute atomic E-state index is 0.276. The smallest absolute Gasteiger partial charge is 0.0991 e. The number of nitrogens with zero attached hydrogens (tertiary/aromatic N) is 2. The monoisotopic (exact) mass is 243 g/mol. The molecule has 1 aromatic rings. The Labute approximate surface area is 109 Å². The van der Waals surface area contributed by atoms with Crippen molar-refractivity contribution in [2.45, 2.75) is 32.4 Å². The van der Waals surface area contributed by atoms with Crippen LogP contribution in [0.5, 0.6) is 0 Å². The van der Waals surface area contributed by atoms with E-state index in [4.69, 9.17) is 11.0 Å². The molecule has 0 aromatic heterocycles. The van der Waals surface area contributed by atoms with Crippen LogP contribution in [0.2, 0.25) is 0 Å². The van der Waals surface area contributed by atoms with Gasteiger partial charge in [0.25, 0.3) is 0 Å². The number of hydrogen-bond donors (Lipinski definition) is 1. The number of piperidine rings is 1. The van der Waals surface area contributed by atoms with Crippen LogP contribution in [0, 0.1) is 17.2 Å². The molecule has 2 rings (SSSR count). The lowest BCUT2D eigenvalue weighted by Gasteiger charge is -2.34. The Morgan fingerprint density at radius 1 is 1.56 bits per heavy atom. The van der Waals surface area contributed by atoms with E-state index in [9.17, 15) is 0 Å². The van der Waals surface area contributed by atoms with Crippen LogP contribution in [0.25, 0.3) is 0 Å². The standard InChI is InChI=1S/C15H21N3/c1-12(17)15-6-3-7-18(11-15)10-14-5-2-4-13(8-14)9-16/h2,4-5,8,12,15H,3,6-7,10-11,17H2,1H3. The number of nitrogens with two attached hydrogens (primary N) is 1. The van der Waals surface area contributed by atoms with E-state index in [1.54, 1.807) is 0 Å². The summed E-state index contributed by atoms with van der Waals surface area (Å²) in [5.74, 6) is 0.609. The van der Waals surface area contributed by atoms with Crippen molar-refractivity contribution < 1.29 is 0 Å². The lowest BCUT2D eigenvalue weighted by molar-refractivity contribution is 0.154. The van der Waals surface area contributed by atoms with Gasteiger partial charge in [-0.3, -0.25) is 4.90 Å². The Bertz CT molecular complexity index is 434. The Morgan fingerprint density at radius 2 is 2.39 bits per heavy atom. The van der Waals surface area contributed by atoms with Crippen LogP contribution >= 0.6 is 0 Å². The highest BCUT2D eigenvalue weighted by molar-refractivity contribution is 5.32. The molecule has 1 saturated heterocycles. The van der Waals surface area contributed by atoms with E-state index in [2.05, 4.69) is 24.0 Å². The number of nitriles is 1. The normalized spacial score (nSPS) is 22.4. The van der Waals surface area contributed by atoms with Gasteiger partial charge in [-0.25, -0.2) is 0 Å².